The summed E-state index contributed by atoms with van der Waals surface area (Å²) in [7, 11) is 0. The number of nitrogens with one attached hydrogen (secondary N) is 1. The van der Waals surface area contributed by atoms with Gasteiger partial charge in [0.25, 0.3) is 5.91 Å². The van der Waals surface area contributed by atoms with Gasteiger partial charge in [0.05, 0.1) is 18.2 Å². The molecule has 3 aromatic carbocycles. The Labute approximate surface area is 205 Å². The van der Waals surface area contributed by atoms with Crippen molar-refractivity contribution in [3.8, 4) is 0 Å². The van der Waals surface area contributed by atoms with Gasteiger partial charge in [0.1, 0.15) is 0 Å². The number of imide groups is 1. The van der Waals surface area contributed by atoms with E-state index in [9.17, 15) is 9.59 Å². The summed E-state index contributed by atoms with van der Waals surface area (Å²) in [5, 5.41) is 1.23. The van der Waals surface area contributed by atoms with Crippen molar-refractivity contribution in [3.63, 3.8) is 0 Å². The van der Waals surface area contributed by atoms with Gasteiger partial charge in [0, 0.05) is 35.1 Å². The monoisotopic (exact) mass is 463 g/mol. The van der Waals surface area contributed by atoms with Gasteiger partial charge in [0.15, 0.2) is 0 Å². The number of hydrogen-bond donors (Lipinski definition) is 1. The predicted octanol–water partition coefficient (Wildman–Crippen LogP) is 5.63. The molecule has 2 amide bonds. The van der Waals surface area contributed by atoms with Crippen molar-refractivity contribution in [1.82, 2.24) is 9.88 Å². The highest BCUT2D eigenvalue weighted by molar-refractivity contribution is 6.22. The lowest BCUT2D eigenvalue weighted by molar-refractivity contribution is -0.123. The van der Waals surface area contributed by atoms with Crippen LogP contribution in [0.15, 0.2) is 72.8 Å². The van der Waals surface area contributed by atoms with Gasteiger partial charge in [-0.05, 0) is 61.2 Å². The first kappa shape index (κ1) is 21.8. The molecule has 1 saturated heterocycles. The molecular weight excluding hydrogens is 434 g/mol. The molecular formula is C30H29N3O2. The predicted molar refractivity (Wildman–Crippen MR) is 139 cm³/mol. The van der Waals surface area contributed by atoms with E-state index >= 15 is 0 Å². The van der Waals surface area contributed by atoms with E-state index in [-0.39, 0.29) is 30.2 Å². The largest absolute Gasteiger partial charge is 0.357 e. The number of H-pyrrole nitrogens is 1. The van der Waals surface area contributed by atoms with Gasteiger partial charge < -0.3 is 4.98 Å². The molecule has 0 saturated carbocycles. The lowest BCUT2D eigenvalue weighted by Crippen LogP contribution is -2.47. The molecule has 5 nitrogen and oxygen atoms in total. The fraction of sp³-hybridized carbons (Fsp3) is 0.267. The lowest BCUT2D eigenvalue weighted by Gasteiger charge is -2.40. The average molecular weight is 464 g/mol. The molecule has 0 spiro atoms. The van der Waals surface area contributed by atoms with Crippen LogP contribution in [0, 0.1) is 13.8 Å². The SMILES string of the molecule is Cc1cc(C)cc(N2C(=O)CC(N3CC(c4ccccc4)c4c([nH]c5ccccc45)C3C)C2=O)c1. The van der Waals surface area contributed by atoms with Crippen LogP contribution in [-0.2, 0) is 9.59 Å². The zero-order valence-corrected chi connectivity index (χ0v) is 20.3. The van der Waals surface area contributed by atoms with E-state index in [0.717, 1.165) is 22.3 Å². The number of rotatable bonds is 3. The second-order valence-electron chi connectivity index (χ2n) is 9.97. The minimum absolute atomic E-state index is 0.0155. The molecule has 1 fully saturated rings. The van der Waals surface area contributed by atoms with E-state index in [1.807, 2.05) is 38.1 Å². The van der Waals surface area contributed by atoms with Gasteiger partial charge in [-0.25, -0.2) is 4.90 Å². The Hall–Kier alpha value is -3.70. The van der Waals surface area contributed by atoms with Crippen molar-refractivity contribution in [3.05, 3.63) is 101 Å². The Balaban J connectivity index is 1.43. The highest BCUT2D eigenvalue weighted by Gasteiger charge is 2.47. The van der Waals surface area contributed by atoms with E-state index < -0.39 is 6.04 Å². The van der Waals surface area contributed by atoms with Crippen LogP contribution in [0.25, 0.3) is 10.9 Å². The molecule has 1 N–H and O–H groups in total. The summed E-state index contributed by atoms with van der Waals surface area (Å²) in [5.74, 6) is -0.147. The number of carbonyl (C=O) groups is 2. The fourth-order valence-corrected chi connectivity index (χ4v) is 6.10. The van der Waals surface area contributed by atoms with Crippen molar-refractivity contribution in [2.24, 2.45) is 0 Å². The average Bonchev–Trinajstić information content (AvgIpc) is 3.37. The minimum atomic E-state index is -0.482. The maximum absolute atomic E-state index is 13.8. The van der Waals surface area contributed by atoms with Crippen LogP contribution < -0.4 is 4.90 Å². The summed E-state index contributed by atoms with van der Waals surface area (Å²) >= 11 is 0. The summed E-state index contributed by atoms with van der Waals surface area (Å²) in [5.41, 5.74) is 7.53. The number of fused-ring (bicyclic) bond motifs is 3. The number of hydrogen-bond acceptors (Lipinski definition) is 3. The molecule has 2 aliphatic rings. The molecule has 5 heteroatoms. The second kappa shape index (κ2) is 8.21. The smallest absolute Gasteiger partial charge is 0.251 e. The number of carbonyl (C=O) groups excluding carboxylic acids is 2. The number of aromatic nitrogens is 1. The normalized spacial score (nSPS) is 22.7. The maximum atomic E-state index is 13.8. The Morgan fingerprint density at radius 1 is 0.886 bits per heavy atom. The fourth-order valence-electron chi connectivity index (χ4n) is 6.10. The zero-order chi connectivity index (χ0) is 24.3. The summed E-state index contributed by atoms with van der Waals surface area (Å²) in [6, 6.07) is 24.3. The zero-order valence-electron chi connectivity index (χ0n) is 20.3. The lowest BCUT2D eigenvalue weighted by atomic mass is 9.83. The van der Waals surface area contributed by atoms with E-state index in [4.69, 9.17) is 0 Å². The van der Waals surface area contributed by atoms with Gasteiger partial charge in [-0.15, -0.1) is 0 Å². The van der Waals surface area contributed by atoms with Gasteiger partial charge in [-0.1, -0.05) is 54.6 Å². The molecule has 0 radical (unpaired) electrons. The third-order valence-electron chi connectivity index (χ3n) is 7.62. The summed E-state index contributed by atoms with van der Waals surface area (Å²) in [6.45, 7) is 6.82. The molecule has 3 atom stereocenters. The summed E-state index contributed by atoms with van der Waals surface area (Å²) in [6.07, 6.45) is 0.202. The Morgan fingerprint density at radius 2 is 1.57 bits per heavy atom. The molecule has 4 aromatic rings. The molecule has 176 valence electrons. The standard InChI is InChI=1S/C30H29N3O2/c1-18-13-19(2)15-22(14-18)33-27(34)16-26(30(33)35)32-17-24(21-9-5-4-6-10-21)28-23-11-7-8-12-25(23)31-29(28)20(32)3/h4-15,20,24,26,31H,16-17H2,1-3H3. The van der Waals surface area contributed by atoms with Crippen LogP contribution in [0.2, 0.25) is 0 Å². The first-order valence-electron chi connectivity index (χ1n) is 12.3. The second-order valence-corrected chi connectivity index (χ2v) is 9.97. The van der Waals surface area contributed by atoms with Crippen LogP contribution in [-0.4, -0.2) is 34.3 Å². The molecule has 0 aliphatic carbocycles. The Morgan fingerprint density at radius 3 is 2.31 bits per heavy atom. The Bertz CT molecular complexity index is 1440. The van der Waals surface area contributed by atoms with Crippen LogP contribution in [0.4, 0.5) is 5.69 Å². The van der Waals surface area contributed by atoms with Crippen molar-refractivity contribution in [2.75, 3.05) is 11.4 Å². The molecule has 0 bridgehead atoms. The van der Waals surface area contributed by atoms with Gasteiger partial charge in [-0.3, -0.25) is 14.5 Å². The summed E-state index contributed by atoms with van der Waals surface area (Å²) < 4.78 is 0. The number of nitrogens with zero attached hydrogens (tertiary/aromatic N) is 2. The third kappa shape index (κ3) is 3.50. The first-order valence-corrected chi connectivity index (χ1v) is 12.3. The van der Waals surface area contributed by atoms with Gasteiger partial charge in [-0.2, -0.15) is 0 Å². The van der Waals surface area contributed by atoms with Crippen LogP contribution in [0.3, 0.4) is 0 Å². The number of amides is 2. The van der Waals surface area contributed by atoms with Crippen LogP contribution in [0.5, 0.6) is 0 Å². The number of aromatic amines is 1. The molecule has 3 heterocycles. The van der Waals surface area contributed by atoms with Crippen LogP contribution >= 0.6 is 0 Å². The third-order valence-corrected chi connectivity index (χ3v) is 7.62. The maximum Gasteiger partial charge on any atom is 0.251 e. The van der Waals surface area contributed by atoms with Crippen molar-refractivity contribution in [1.29, 1.82) is 0 Å². The van der Waals surface area contributed by atoms with Crippen molar-refractivity contribution in [2.45, 2.75) is 45.2 Å². The quantitative estimate of drug-likeness (QED) is 0.401. The van der Waals surface area contributed by atoms with E-state index in [2.05, 4.69) is 65.3 Å². The molecule has 35 heavy (non-hydrogen) atoms. The van der Waals surface area contributed by atoms with E-state index in [1.165, 1.54) is 21.4 Å². The van der Waals surface area contributed by atoms with E-state index in [1.54, 1.807) is 0 Å². The first-order chi connectivity index (χ1) is 16.9. The molecule has 1 aromatic heterocycles. The number of para-hydroxylation sites is 1. The number of anilines is 1. The number of aryl methyl sites for hydroxylation is 2. The highest BCUT2D eigenvalue weighted by atomic mass is 16.2. The van der Waals surface area contributed by atoms with E-state index in [0.29, 0.717) is 12.2 Å². The van der Waals surface area contributed by atoms with Gasteiger partial charge in [0.2, 0.25) is 5.91 Å². The Kier molecular flexibility index (Phi) is 5.11. The molecule has 3 unspecified atom stereocenters. The summed E-state index contributed by atoms with van der Waals surface area (Å²) in [4.78, 5) is 34.2. The minimum Gasteiger partial charge on any atom is -0.357 e. The van der Waals surface area contributed by atoms with Crippen molar-refractivity contribution < 1.29 is 9.59 Å². The van der Waals surface area contributed by atoms with Gasteiger partial charge >= 0.3 is 0 Å². The molecule has 6 rings (SSSR count). The van der Waals surface area contributed by atoms with Crippen molar-refractivity contribution >= 4 is 28.4 Å². The molecule has 2 aliphatic heterocycles. The topological polar surface area (TPSA) is 56.4 Å². The van der Waals surface area contributed by atoms with Crippen LogP contribution in [0.1, 0.15) is 53.3 Å². The highest BCUT2D eigenvalue weighted by Crippen LogP contribution is 2.45. The number of benzene rings is 3.